The maximum atomic E-state index is 10.7. The van der Waals surface area contributed by atoms with Crippen molar-refractivity contribution in [1.29, 1.82) is 0 Å². The van der Waals surface area contributed by atoms with Gasteiger partial charge >= 0.3 is 0 Å². The number of carbonyl (C=O) groups excluding carboxylic acids is 1. The highest BCUT2D eigenvalue weighted by Gasteiger charge is 2.00. The highest BCUT2D eigenvalue weighted by molar-refractivity contribution is 5.76. The van der Waals surface area contributed by atoms with Crippen molar-refractivity contribution in [2.24, 2.45) is 0 Å². The van der Waals surface area contributed by atoms with E-state index in [1.54, 1.807) is 19.2 Å². The maximum absolute atomic E-state index is 10.7. The van der Waals surface area contributed by atoms with Crippen LogP contribution in [0.5, 0.6) is 5.75 Å². The molecule has 114 valence electrons. The van der Waals surface area contributed by atoms with Gasteiger partial charge in [0.2, 0.25) is 0 Å². The molecule has 0 aromatic heterocycles. The van der Waals surface area contributed by atoms with E-state index in [4.69, 9.17) is 4.74 Å². The molecule has 0 amide bonds. The summed E-state index contributed by atoms with van der Waals surface area (Å²) < 4.78 is 5.18. The largest absolute Gasteiger partial charge is 0.497 e. The Morgan fingerprint density at radius 1 is 0.739 bits per heavy atom. The first-order chi connectivity index (χ1) is 11.3. The third-order valence-corrected chi connectivity index (χ3v) is 3.64. The van der Waals surface area contributed by atoms with Gasteiger partial charge in [-0.05, 0) is 59.7 Å². The van der Waals surface area contributed by atoms with E-state index in [1.165, 1.54) is 0 Å². The number of hydrogen-bond acceptors (Lipinski definition) is 3. The van der Waals surface area contributed by atoms with Gasteiger partial charge < -0.3 is 10.1 Å². The van der Waals surface area contributed by atoms with Gasteiger partial charge in [0, 0.05) is 16.9 Å². The summed E-state index contributed by atoms with van der Waals surface area (Å²) in [5, 5.41) is 3.32. The fourth-order valence-electron chi connectivity index (χ4n) is 2.34. The molecule has 0 aliphatic heterocycles. The minimum atomic E-state index is 0.672. The zero-order valence-corrected chi connectivity index (χ0v) is 12.8. The lowest BCUT2D eigenvalue weighted by atomic mass is 10.1. The molecule has 0 aliphatic carbocycles. The summed E-state index contributed by atoms with van der Waals surface area (Å²) in [4.78, 5) is 10.7. The van der Waals surface area contributed by atoms with Gasteiger partial charge in [-0.15, -0.1) is 0 Å². The lowest BCUT2D eigenvalue weighted by molar-refractivity contribution is 0.112. The van der Waals surface area contributed by atoms with E-state index in [9.17, 15) is 4.79 Å². The number of benzene rings is 3. The third-order valence-electron chi connectivity index (χ3n) is 3.64. The quantitative estimate of drug-likeness (QED) is 0.680. The van der Waals surface area contributed by atoms with Crippen molar-refractivity contribution in [2.75, 3.05) is 12.4 Å². The van der Waals surface area contributed by atoms with Crippen molar-refractivity contribution >= 4 is 17.7 Å². The van der Waals surface area contributed by atoms with Crippen LogP contribution in [0.1, 0.15) is 10.4 Å². The molecule has 3 nitrogen and oxygen atoms in total. The predicted octanol–water partition coefficient (Wildman–Crippen LogP) is 4.92. The molecule has 0 aliphatic rings. The van der Waals surface area contributed by atoms with Crippen LogP contribution in [0, 0.1) is 0 Å². The van der Waals surface area contributed by atoms with Crippen LogP contribution in [0.25, 0.3) is 11.1 Å². The number of anilines is 2. The van der Waals surface area contributed by atoms with Crippen molar-refractivity contribution < 1.29 is 9.53 Å². The van der Waals surface area contributed by atoms with Gasteiger partial charge in [-0.2, -0.15) is 0 Å². The van der Waals surface area contributed by atoms with E-state index >= 15 is 0 Å². The van der Waals surface area contributed by atoms with Gasteiger partial charge in [-0.1, -0.05) is 24.3 Å². The fraction of sp³-hybridized carbons (Fsp3) is 0.0500. The molecule has 0 saturated heterocycles. The fourth-order valence-corrected chi connectivity index (χ4v) is 2.34. The molecule has 0 atom stereocenters. The summed E-state index contributed by atoms with van der Waals surface area (Å²) in [6, 6.07) is 23.6. The average Bonchev–Trinajstić information content (AvgIpc) is 2.63. The molecule has 1 N–H and O–H groups in total. The van der Waals surface area contributed by atoms with E-state index in [1.807, 2.05) is 48.5 Å². The summed E-state index contributed by atoms with van der Waals surface area (Å²) in [7, 11) is 1.66. The standard InChI is InChI=1S/C20H17NO2/c1-23-20-12-6-17(7-13-20)16-4-10-19(11-5-16)21-18-8-2-15(14-22)3-9-18/h2-14,21H,1H3. The number of nitrogens with one attached hydrogen (secondary N) is 1. The third kappa shape index (κ3) is 3.58. The van der Waals surface area contributed by atoms with Crippen LogP contribution in [0.3, 0.4) is 0 Å². The van der Waals surface area contributed by atoms with Crippen molar-refractivity contribution in [2.45, 2.75) is 0 Å². The molecular weight excluding hydrogens is 286 g/mol. The van der Waals surface area contributed by atoms with Crippen molar-refractivity contribution in [3.8, 4) is 16.9 Å². The summed E-state index contributed by atoms with van der Waals surface area (Å²) >= 11 is 0. The Bertz CT molecular complexity index is 775. The molecule has 0 heterocycles. The number of aldehydes is 1. The van der Waals surface area contributed by atoms with Crippen LogP contribution in [0.4, 0.5) is 11.4 Å². The molecule has 3 aromatic rings. The molecule has 23 heavy (non-hydrogen) atoms. The van der Waals surface area contributed by atoms with Crippen molar-refractivity contribution in [3.05, 3.63) is 78.4 Å². The van der Waals surface area contributed by atoms with Gasteiger partial charge in [-0.3, -0.25) is 4.79 Å². The Balaban J connectivity index is 1.74. The van der Waals surface area contributed by atoms with Crippen LogP contribution in [0.2, 0.25) is 0 Å². The van der Waals surface area contributed by atoms with E-state index in [2.05, 4.69) is 17.4 Å². The van der Waals surface area contributed by atoms with Gasteiger partial charge in [-0.25, -0.2) is 0 Å². The summed E-state index contributed by atoms with van der Waals surface area (Å²) in [6.07, 6.45) is 0.841. The highest BCUT2D eigenvalue weighted by Crippen LogP contribution is 2.25. The molecule has 3 rings (SSSR count). The second kappa shape index (κ2) is 6.79. The molecule has 0 bridgehead atoms. The zero-order valence-electron chi connectivity index (χ0n) is 12.8. The zero-order chi connectivity index (χ0) is 16.1. The van der Waals surface area contributed by atoms with Crippen LogP contribution < -0.4 is 10.1 Å². The summed E-state index contributed by atoms with van der Waals surface area (Å²) in [5.74, 6) is 0.853. The Morgan fingerprint density at radius 2 is 1.22 bits per heavy atom. The molecule has 0 radical (unpaired) electrons. The minimum Gasteiger partial charge on any atom is -0.497 e. The second-order valence-corrected chi connectivity index (χ2v) is 5.17. The van der Waals surface area contributed by atoms with Crippen molar-refractivity contribution in [3.63, 3.8) is 0 Å². The molecule has 0 unspecified atom stereocenters. The lowest BCUT2D eigenvalue weighted by Crippen LogP contribution is -1.90. The summed E-state index contributed by atoms with van der Waals surface area (Å²) in [6.45, 7) is 0. The second-order valence-electron chi connectivity index (χ2n) is 5.17. The normalized spacial score (nSPS) is 10.1. The molecule has 0 spiro atoms. The molecule has 0 fully saturated rings. The Hall–Kier alpha value is -3.07. The Labute approximate surface area is 135 Å². The van der Waals surface area contributed by atoms with E-state index in [-0.39, 0.29) is 0 Å². The first kappa shape index (κ1) is 14.9. The smallest absolute Gasteiger partial charge is 0.150 e. The first-order valence-corrected chi connectivity index (χ1v) is 7.35. The first-order valence-electron chi connectivity index (χ1n) is 7.35. The highest BCUT2D eigenvalue weighted by atomic mass is 16.5. The van der Waals surface area contributed by atoms with Crippen LogP contribution >= 0.6 is 0 Å². The molecular formula is C20H17NO2. The van der Waals surface area contributed by atoms with Crippen LogP contribution in [-0.2, 0) is 0 Å². The Kier molecular flexibility index (Phi) is 4.39. The van der Waals surface area contributed by atoms with E-state index in [0.29, 0.717) is 5.56 Å². The number of carbonyl (C=O) groups is 1. The van der Waals surface area contributed by atoms with E-state index in [0.717, 1.165) is 34.5 Å². The van der Waals surface area contributed by atoms with Crippen molar-refractivity contribution in [1.82, 2.24) is 0 Å². The average molecular weight is 303 g/mol. The number of rotatable bonds is 5. The topological polar surface area (TPSA) is 38.3 Å². The predicted molar refractivity (Wildman–Crippen MR) is 93.5 cm³/mol. The van der Waals surface area contributed by atoms with Gasteiger partial charge in [0.25, 0.3) is 0 Å². The Morgan fingerprint density at radius 3 is 1.70 bits per heavy atom. The monoisotopic (exact) mass is 303 g/mol. The molecule has 3 heteroatoms. The van der Waals surface area contributed by atoms with E-state index < -0.39 is 0 Å². The minimum absolute atomic E-state index is 0.672. The molecule has 3 aromatic carbocycles. The number of ether oxygens (including phenoxy) is 1. The number of methoxy groups -OCH3 is 1. The maximum Gasteiger partial charge on any atom is 0.150 e. The lowest BCUT2D eigenvalue weighted by Gasteiger charge is -2.08. The molecule has 0 saturated carbocycles. The SMILES string of the molecule is COc1ccc(-c2ccc(Nc3ccc(C=O)cc3)cc2)cc1. The summed E-state index contributed by atoms with van der Waals surface area (Å²) in [5.41, 5.74) is 4.92. The van der Waals surface area contributed by atoms with Gasteiger partial charge in [0.15, 0.2) is 0 Å². The van der Waals surface area contributed by atoms with Crippen LogP contribution in [-0.4, -0.2) is 13.4 Å². The number of hydrogen-bond donors (Lipinski definition) is 1. The van der Waals surface area contributed by atoms with Gasteiger partial charge in [0.05, 0.1) is 7.11 Å². The van der Waals surface area contributed by atoms with Crippen LogP contribution in [0.15, 0.2) is 72.8 Å². The van der Waals surface area contributed by atoms with Gasteiger partial charge in [0.1, 0.15) is 12.0 Å².